The highest BCUT2D eigenvalue weighted by Gasteiger charge is 2.39. The average molecular weight is 1080 g/mol. The number of esters is 4. The lowest BCUT2D eigenvalue weighted by Crippen LogP contribution is -2.41. The highest BCUT2D eigenvalue weighted by Crippen LogP contribution is 2.25. The van der Waals surface area contributed by atoms with Gasteiger partial charge in [-0.15, -0.1) is 0 Å². The van der Waals surface area contributed by atoms with Gasteiger partial charge in [-0.25, -0.2) is 4.79 Å². The van der Waals surface area contributed by atoms with E-state index in [1.807, 2.05) is 0 Å². The molecule has 0 aromatic heterocycles. The molecule has 0 unspecified atom stereocenters. The molecule has 0 atom stereocenters. The fourth-order valence-electron chi connectivity index (χ4n) is 8.57. The molecule has 1 aromatic rings. The summed E-state index contributed by atoms with van der Waals surface area (Å²) >= 11 is 0. The molecule has 428 valence electrons. The van der Waals surface area contributed by atoms with Crippen LogP contribution < -0.4 is 10.1 Å². The molecule has 0 aliphatic heterocycles. The van der Waals surface area contributed by atoms with Crippen LogP contribution >= 0.6 is 21.6 Å². The second-order valence-corrected chi connectivity index (χ2v) is 23.1. The number of ether oxygens (including phenoxy) is 5. The molecule has 0 saturated heterocycles. The summed E-state index contributed by atoms with van der Waals surface area (Å²) in [7, 11) is 3.08. The number of unbranched alkanes of at least 4 members (excludes halogenated alkanes) is 28. The van der Waals surface area contributed by atoms with Crippen molar-refractivity contribution in [1.29, 1.82) is 0 Å². The van der Waals surface area contributed by atoms with E-state index in [0.29, 0.717) is 30.2 Å². The Morgan fingerprint density at radius 3 is 1.26 bits per heavy atom. The number of nitrogens with zero attached hydrogens (tertiary/aromatic N) is 1. The van der Waals surface area contributed by atoms with Crippen LogP contribution in [0, 0.1) is 5.41 Å². The molecular formula is C60H106N2O10S2. The first-order chi connectivity index (χ1) is 36.1. The number of carbonyl (C=O) groups is 5. The minimum atomic E-state index is -1.43. The lowest BCUT2D eigenvalue weighted by Gasteiger charge is -2.26. The van der Waals surface area contributed by atoms with E-state index in [2.05, 4.69) is 37.9 Å². The molecule has 0 aliphatic rings. The third-order valence-corrected chi connectivity index (χ3v) is 15.9. The van der Waals surface area contributed by atoms with Gasteiger partial charge in [0.15, 0.2) is 0 Å². The van der Waals surface area contributed by atoms with Crippen molar-refractivity contribution in [1.82, 2.24) is 10.2 Å². The Balaban J connectivity index is 2.52. The molecule has 0 spiro atoms. The first-order valence-electron chi connectivity index (χ1n) is 29.7. The predicted molar refractivity (Wildman–Crippen MR) is 308 cm³/mol. The van der Waals surface area contributed by atoms with Crippen LogP contribution in [0.2, 0.25) is 0 Å². The number of amides is 1. The summed E-state index contributed by atoms with van der Waals surface area (Å²) < 4.78 is 27.7. The van der Waals surface area contributed by atoms with Crippen molar-refractivity contribution in [2.75, 3.05) is 64.1 Å². The minimum absolute atomic E-state index is 0.0472. The van der Waals surface area contributed by atoms with Gasteiger partial charge >= 0.3 is 30.0 Å². The molecule has 14 heteroatoms. The average Bonchev–Trinajstić information content (AvgIpc) is 3.39. The Bertz CT molecular complexity index is 1480. The summed E-state index contributed by atoms with van der Waals surface area (Å²) in [5, 5.41) is 2.77. The molecule has 0 fully saturated rings. The third kappa shape index (κ3) is 41.2. The van der Waals surface area contributed by atoms with Gasteiger partial charge in [0.1, 0.15) is 37.6 Å². The van der Waals surface area contributed by atoms with Gasteiger partial charge in [-0.1, -0.05) is 241 Å². The van der Waals surface area contributed by atoms with E-state index in [0.717, 1.165) is 58.2 Å². The predicted octanol–water partition coefficient (Wildman–Crippen LogP) is 15.7. The molecule has 0 aliphatic carbocycles. The summed E-state index contributed by atoms with van der Waals surface area (Å²) in [6.45, 7) is 13.5. The second-order valence-electron chi connectivity index (χ2n) is 20.4. The van der Waals surface area contributed by atoms with E-state index in [1.165, 1.54) is 165 Å². The normalized spacial score (nSPS) is 11.4. The van der Waals surface area contributed by atoms with Crippen LogP contribution in [0.3, 0.4) is 0 Å². The van der Waals surface area contributed by atoms with E-state index < -0.39 is 17.5 Å². The van der Waals surface area contributed by atoms with Crippen molar-refractivity contribution in [3.63, 3.8) is 0 Å². The molecule has 0 bridgehead atoms. The third-order valence-electron chi connectivity index (χ3n) is 13.6. The molecule has 1 rings (SSSR count). The molecule has 0 radical (unpaired) electrons. The molecule has 12 nitrogen and oxygen atoms in total. The van der Waals surface area contributed by atoms with Crippen LogP contribution in [-0.2, 0) is 44.5 Å². The molecule has 1 aromatic carbocycles. The van der Waals surface area contributed by atoms with E-state index in [4.69, 9.17) is 23.7 Å². The first kappa shape index (κ1) is 69.0. The van der Waals surface area contributed by atoms with Crippen molar-refractivity contribution in [2.24, 2.45) is 5.41 Å². The number of hydrogen-bond donors (Lipinski definition) is 1. The fraction of sp³-hybridized carbons (Fsp3) is 0.817. The van der Waals surface area contributed by atoms with Crippen LogP contribution in [0.15, 0.2) is 24.3 Å². The fourth-order valence-corrected chi connectivity index (χ4v) is 10.2. The van der Waals surface area contributed by atoms with Crippen molar-refractivity contribution < 1.29 is 47.7 Å². The molecule has 1 amide bonds. The number of alkyl carbamates (subject to hydrolysis) is 1. The number of carbonyl (C=O) groups excluding carboxylic acids is 5. The number of nitrogens with one attached hydrogen (secondary N) is 1. The van der Waals surface area contributed by atoms with E-state index in [9.17, 15) is 24.0 Å². The molecule has 74 heavy (non-hydrogen) atoms. The van der Waals surface area contributed by atoms with Gasteiger partial charge in [0.05, 0.1) is 6.42 Å². The maximum atomic E-state index is 13.8. The molecule has 0 saturated carbocycles. The largest absolute Gasteiger partial charge is 0.465 e. The minimum Gasteiger partial charge on any atom is -0.465 e. The maximum Gasteiger partial charge on any atom is 0.407 e. The van der Waals surface area contributed by atoms with Gasteiger partial charge in [-0.2, -0.15) is 0 Å². The Kier molecular flexibility index (Phi) is 46.3. The van der Waals surface area contributed by atoms with Crippen molar-refractivity contribution in [3.8, 4) is 5.75 Å². The van der Waals surface area contributed by atoms with Crippen molar-refractivity contribution in [2.45, 2.75) is 247 Å². The van der Waals surface area contributed by atoms with Gasteiger partial charge in [0.2, 0.25) is 0 Å². The van der Waals surface area contributed by atoms with Crippen molar-refractivity contribution in [3.05, 3.63) is 29.8 Å². The summed E-state index contributed by atoms with van der Waals surface area (Å²) in [6, 6.07) is 6.60. The first-order valence-corrected chi connectivity index (χ1v) is 32.2. The van der Waals surface area contributed by atoms with E-state index in [-0.39, 0.29) is 62.7 Å². The van der Waals surface area contributed by atoms with Crippen LogP contribution in [-0.4, -0.2) is 99.0 Å². The Hall–Kier alpha value is -2.97. The summed E-state index contributed by atoms with van der Waals surface area (Å²) in [5.74, 6) is -0.373. The van der Waals surface area contributed by atoms with Crippen LogP contribution in [0.1, 0.15) is 246 Å². The van der Waals surface area contributed by atoms with Crippen LogP contribution in [0.4, 0.5) is 4.79 Å². The standard InChI is InChI=1S/C60H106N2O10S2/c1-6-10-12-14-16-18-20-22-24-26-28-30-32-34-36-38-55(63)70-51-60(5,52-71-56(64)39-37-35-33-31-29-27-25-23-21-19-17-15-13-11-7-2)58(66)72-54-42-40-53(41-43-54)50-57(65)68-46-48-73-74-49-47-69-59(67)61-44-45-62(8-3)9-4/h40-43H,6-39,44-52H2,1-5H3,(H,61,67). The van der Waals surface area contributed by atoms with Crippen LogP contribution in [0.25, 0.3) is 0 Å². The number of benzene rings is 1. The Labute approximate surface area is 458 Å². The van der Waals surface area contributed by atoms with Crippen LogP contribution in [0.5, 0.6) is 5.75 Å². The molecule has 0 heterocycles. The zero-order valence-electron chi connectivity index (χ0n) is 47.6. The Morgan fingerprint density at radius 2 is 0.865 bits per heavy atom. The summed E-state index contributed by atoms with van der Waals surface area (Å²) in [6.07, 6.45) is 37.3. The zero-order valence-corrected chi connectivity index (χ0v) is 49.2. The Morgan fingerprint density at radius 1 is 0.486 bits per heavy atom. The number of rotatable bonds is 52. The number of hydrogen-bond acceptors (Lipinski definition) is 13. The highest BCUT2D eigenvalue weighted by atomic mass is 33.1. The lowest BCUT2D eigenvalue weighted by atomic mass is 9.93. The topological polar surface area (TPSA) is 147 Å². The summed E-state index contributed by atoms with van der Waals surface area (Å²) in [4.78, 5) is 66.2. The zero-order chi connectivity index (χ0) is 54.0. The van der Waals surface area contributed by atoms with Crippen molar-refractivity contribution >= 4 is 51.6 Å². The van der Waals surface area contributed by atoms with E-state index >= 15 is 0 Å². The monoisotopic (exact) mass is 1080 g/mol. The summed E-state index contributed by atoms with van der Waals surface area (Å²) in [5.41, 5.74) is -0.742. The molecular weight excluding hydrogens is 973 g/mol. The number of likely N-dealkylation sites (N-methyl/N-ethyl adjacent to an activating group) is 1. The lowest BCUT2D eigenvalue weighted by molar-refractivity contribution is -0.164. The smallest absolute Gasteiger partial charge is 0.407 e. The maximum absolute atomic E-state index is 13.8. The van der Waals surface area contributed by atoms with Gasteiger partial charge < -0.3 is 33.9 Å². The van der Waals surface area contributed by atoms with Gasteiger partial charge in [0, 0.05) is 37.4 Å². The van der Waals surface area contributed by atoms with Gasteiger partial charge in [0.25, 0.3) is 0 Å². The van der Waals surface area contributed by atoms with Gasteiger partial charge in [-0.05, 0) is 50.6 Å². The highest BCUT2D eigenvalue weighted by molar-refractivity contribution is 8.76. The molecule has 1 N–H and O–H groups in total. The second kappa shape index (κ2) is 49.6. The quantitative estimate of drug-likeness (QED) is 0.0217. The van der Waals surface area contributed by atoms with Gasteiger partial charge in [-0.3, -0.25) is 19.2 Å². The SMILES string of the molecule is CCCCCCCCCCCCCCCCCC(=O)OCC(C)(COC(=O)CCCCCCCCCCCCCCCCC)C(=O)Oc1ccc(CC(=O)OCCSSCCOC(=O)NCCN(CC)CC)cc1. The van der Waals surface area contributed by atoms with E-state index in [1.54, 1.807) is 42.0 Å².